The van der Waals surface area contributed by atoms with E-state index in [1.54, 1.807) is 0 Å². The predicted molar refractivity (Wildman–Crippen MR) is 129 cm³/mol. The van der Waals surface area contributed by atoms with Crippen LogP contribution in [0.5, 0.6) is 0 Å². The molecule has 1 aromatic carbocycles. The van der Waals surface area contributed by atoms with Crippen molar-refractivity contribution in [2.75, 3.05) is 68.7 Å². The van der Waals surface area contributed by atoms with Gasteiger partial charge in [0.1, 0.15) is 0 Å². The molecule has 4 heterocycles. The van der Waals surface area contributed by atoms with Gasteiger partial charge in [-0.2, -0.15) is 5.10 Å². The third kappa shape index (κ3) is 4.10. The molecule has 0 aliphatic carbocycles. The molecule has 0 radical (unpaired) electrons. The van der Waals surface area contributed by atoms with E-state index in [2.05, 4.69) is 68.1 Å². The van der Waals surface area contributed by atoms with Gasteiger partial charge in [0.2, 0.25) is 0 Å². The number of benzene rings is 1. The number of hydrogen-bond acceptors (Lipinski definition) is 5. The Bertz CT molecular complexity index is 1060. The maximum Gasteiger partial charge on any atom is 0.317 e. The number of carbonyl (C=O) groups excluding carboxylic acids is 1. The van der Waals surface area contributed by atoms with E-state index in [9.17, 15) is 4.79 Å². The highest BCUT2D eigenvalue weighted by Gasteiger charge is 2.22. The van der Waals surface area contributed by atoms with Crippen molar-refractivity contribution in [2.24, 2.45) is 0 Å². The number of aromatic nitrogens is 2. The van der Waals surface area contributed by atoms with Gasteiger partial charge in [-0.15, -0.1) is 0 Å². The second-order valence-corrected chi connectivity index (χ2v) is 8.37. The molecule has 2 aliphatic rings. The van der Waals surface area contributed by atoms with Crippen LogP contribution in [-0.4, -0.2) is 79.4 Å². The molecule has 2 fully saturated rings. The van der Waals surface area contributed by atoms with E-state index in [1.165, 1.54) is 16.9 Å². The van der Waals surface area contributed by atoms with Gasteiger partial charge in [-0.05, 0) is 36.8 Å². The number of nitrogens with zero attached hydrogens (tertiary/aromatic N) is 5. The molecule has 0 saturated carbocycles. The van der Waals surface area contributed by atoms with Gasteiger partial charge in [0, 0.05) is 82.5 Å². The van der Waals surface area contributed by atoms with E-state index in [-0.39, 0.29) is 6.03 Å². The topological polar surface area (TPSA) is 68.2 Å². The van der Waals surface area contributed by atoms with Crippen molar-refractivity contribution in [1.29, 1.82) is 0 Å². The minimum absolute atomic E-state index is 0.0289. The summed E-state index contributed by atoms with van der Waals surface area (Å²) in [6.07, 6.45) is 3.96. The monoisotopic (exact) mass is 433 g/mol. The highest BCUT2D eigenvalue weighted by atomic mass is 16.2. The first-order valence-corrected chi connectivity index (χ1v) is 11.5. The lowest BCUT2D eigenvalue weighted by molar-refractivity contribution is 0.195. The molecule has 2 aliphatic heterocycles. The van der Waals surface area contributed by atoms with Crippen molar-refractivity contribution < 1.29 is 4.79 Å². The second-order valence-electron chi connectivity index (χ2n) is 8.37. The van der Waals surface area contributed by atoms with Crippen LogP contribution in [0.25, 0.3) is 16.6 Å². The highest BCUT2D eigenvalue weighted by molar-refractivity contribution is 5.81. The Hall–Kier alpha value is -3.26. The Morgan fingerprint density at radius 3 is 2.44 bits per heavy atom. The van der Waals surface area contributed by atoms with Crippen molar-refractivity contribution >= 4 is 22.9 Å². The number of fused-ring (bicyclic) bond motifs is 1. The summed E-state index contributed by atoms with van der Waals surface area (Å²) in [4.78, 5) is 18.8. The number of urea groups is 1. The largest absolute Gasteiger partial charge is 0.369 e. The molecule has 0 unspecified atom stereocenters. The first kappa shape index (κ1) is 20.6. The fourth-order valence-corrected chi connectivity index (χ4v) is 4.63. The number of rotatable bonds is 4. The maximum absolute atomic E-state index is 12.1. The normalized spacial score (nSPS) is 17.1. The summed E-state index contributed by atoms with van der Waals surface area (Å²) in [5.74, 6) is 0. The molecule has 2 amide bonds. The number of hydrogen-bond donors (Lipinski definition) is 2. The van der Waals surface area contributed by atoms with E-state index in [0.29, 0.717) is 6.54 Å². The minimum atomic E-state index is 0.0289. The molecular formula is C24H31N7O. The van der Waals surface area contributed by atoms with Crippen molar-refractivity contribution in [3.05, 3.63) is 48.8 Å². The van der Waals surface area contributed by atoms with Crippen molar-refractivity contribution in [3.8, 4) is 11.1 Å². The highest BCUT2D eigenvalue weighted by Crippen LogP contribution is 2.30. The zero-order chi connectivity index (χ0) is 21.9. The molecule has 168 valence electrons. The van der Waals surface area contributed by atoms with Gasteiger partial charge in [-0.25, -0.2) is 9.31 Å². The van der Waals surface area contributed by atoms with Crippen LogP contribution in [0.2, 0.25) is 0 Å². The minimum Gasteiger partial charge on any atom is -0.369 e. The Balaban J connectivity index is 1.34. The summed E-state index contributed by atoms with van der Waals surface area (Å²) in [7, 11) is 0. The summed E-state index contributed by atoms with van der Waals surface area (Å²) < 4.78 is 1.96. The quantitative estimate of drug-likeness (QED) is 0.661. The molecule has 32 heavy (non-hydrogen) atoms. The smallest absolute Gasteiger partial charge is 0.317 e. The van der Waals surface area contributed by atoms with Crippen molar-refractivity contribution in [2.45, 2.75) is 6.92 Å². The summed E-state index contributed by atoms with van der Waals surface area (Å²) in [6.45, 7) is 9.87. The maximum atomic E-state index is 12.1. The van der Waals surface area contributed by atoms with Gasteiger partial charge >= 0.3 is 6.03 Å². The molecule has 8 nitrogen and oxygen atoms in total. The van der Waals surface area contributed by atoms with Crippen LogP contribution in [0, 0.1) is 0 Å². The van der Waals surface area contributed by atoms with Crippen molar-refractivity contribution in [3.63, 3.8) is 0 Å². The molecular weight excluding hydrogens is 402 g/mol. The SMILES string of the molecule is CCNC(=O)N1CCN(c2ccnn3cc(-c4ccc(N5CCNCC5)cc4)cc23)CC1. The predicted octanol–water partition coefficient (Wildman–Crippen LogP) is 2.26. The van der Waals surface area contributed by atoms with E-state index >= 15 is 0 Å². The second kappa shape index (κ2) is 9.08. The average Bonchev–Trinajstić information content (AvgIpc) is 3.30. The van der Waals surface area contributed by atoms with Crippen LogP contribution < -0.4 is 20.4 Å². The van der Waals surface area contributed by atoms with E-state index in [0.717, 1.165) is 63.4 Å². The molecule has 2 N–H and O–H groups in total. The number of amides is 2. The lowest BCUT2D eigenvalue weighted by atomic mass is 10.1. The first-order valence-electron chi connectivity index (χ1n) is 11.5. The molecule has 8 heteroatoms. The first-order chi connectivity index (χ1) is 15.7. The van der Waals surface area contributed by atoms with Crippen LogP contribution in [0.4, 0.5) is 16.2 Å². The third-order valence-electron chi connectivity index (χ3n) is 6.40. The van der Waals surface area contributed by atoms with E-state index < -0.39 is 0 Å². The number of piperazine rings is 2. The molecule has 2 aromatic heterocycles. The van der Waals surface area contributed by atoms with Crippen LogP contribution in [0.1, 0.15) is 6.92 Å². The lowest BCUT2D eigenvalue weighted by Crippen LogP contribution is -2.51. The fraction of sp³-hybridized carbons (Fsp3) is 0.417. The summed E-state index contributed by atoms with van der Waals surface area (Å²) >= 11 is 0. The summed E-state index contributed by atoms with van der Waals surface area (Å²) in [6, 6.07) is 13.2. The molecule has 2 saturated heterocycles. The number of anilines is 2. The van der Waals surface area contributed by atoms with Gasteiger partial charge in [0.25, 0.3) is 0 Å². The van der Waals surface area contributed by atoms with Crippen LogP contribution >= 0.6 is 0 Å². The van der Waals surface area contributed by atoms with E-state index in [1.807, 2.05) is 22.5 Å². The van der Waals surface area contributed by atoms with Crippen LogP contribution in [-0.2, 0) is 0 Å². The summed E-state index contributed by atoms with van der Waals surface area (Å²) in [5, 5.41) is 10.8. The molecule has 0 atom stereocenters. The third-order valence-corrected chi connectivity index (χ3v) is 6.40. The fourth-order valence-electron chi connectivity index (χ4n) is 4.63. The van der Waals surface area contributed by atoms with E-state index in [4.69, 9.17) is 0 Å². The zero-order valence-corrected chi connectivity index (χ0v) is 18.6. The Kier molecular flexibility index (Phi) is 5.85. The lowest BCUT2D eigenvalue weighted by Gasteiger charge is -2.36. The Morgan fingerprint density at radius 1 is 0.969 bits per heavy atom. The van der Waals surface area contributed by atoms with Crippen LogP contribution in [0.15, 0.2) is 48.8 Å². The van der Waals surface area contributed by atoms with Gasteiger partial charge < -0.3 is 25.3 Å². The number of carbonyl (C=O) groups is 1. The average molecular weight is 434 g/mol. The molecule has 5 rings (SSSR count). The molecule has 3 aromatic rings. The number of nitrogens with one attached hydrogen (secondary N) is 2. The Labute approximate surface area is 188 Å². The van der Waals surface area contributed by atoms with Crippen LogP contribution in [0.3, 0.4) is 0 Å². The zero-order valence-electron chi connectivity index (χ0n) is 18.6. The molecule has 0 bridgehead atoms. The van der Waals surface area contributed by atoms with Gasteiger partial charge in [0.15, 0.2) is 0 Å². The Morgan fingerprint density at radius 2 is 1.72 bits per heavy atom. The standard InChI is InChI=1S/C24H31N7O/c1-2-26-24(32)30-15-13-29(14-16-30)22-7-8-27-31-18-20(17-23(22)31)19-3-5-21(6-4-19)28-11-9-25-10-12-28/h3-8,17-18,25H,2,9-16H2,1H3,(H,26,32). The molecule has 0 spiro atoms. The van der Waals surface area contributed by atoms with Gasteiger partial charge in [0.05, 0.1) is 11.2 Å². The van der Waals surface area contributed by atoms with Gasteiger partial charge in [-0.3, -0.25) is 0 Å². The van der Waals surface area contributed by atoms with Crippen molar-refractivity contribution in [1.82, 2.24) is 25.1 Å². The van der Waals surface area contributed by atoms with Gasteiger partial charge in [-0.1, -0.05) is 12.1 Å². The summed E-state index contributed by atoms with van der Waals surface area (Å²) in [5.41, 5.74) is 5.90.